The van der Waals surface area contributed by atoms with E-state index < -0.39 is 11.6 Å². The molecule has 1 amide bonds. The van der Waals surface area contributed by atoms with Gasteiger partial charge in [-0.05, 0) is 104 Å². The van der Waals surface area contributed by atoms with Crippen LogP contribution in [0, 0.1) is 25.5 Å². The zero-order chi connectivity index (χ0) is 34.4. The van der Waals surface area contributed by atoms with E-state index in [-0.39, 0.29) is 0 Å². The zero-order valence-electron chi connectivity index (χ0n) is 28.0. The number of hydrogen-bond donors (Lipinski definition) is 3. The maximum absolute atomic E-state index is 14.0. The molecule has 5 rings (SSSR count). The molecule has 7 heteroatoms. The van der Waals surface area contributed by atoms with E-state index in [1.165, 1.54) is 45.5 Å². The quantitative estimate of drug-likeness (QED) is 0.130. The second-order valence-electron chi connectivity index (χ2n) is 11.6. The monoisotopic (exact) mass is 627 g/mol. The fourth-order valence-electron chi connectivity index (χ4n) is 5.23. The second-order valence-corrected chi connectivity index (χ2v) is 11.6. The average Bonchev–Trinajstić information content (AvgIpc) is 3.00. The molecule has 0 bridgehead atoms. The van der Waals surface area contributed by atoms with E-state index in [0.717, 1.165) is 48.4 Å². The summed E-state index contributed by atoms with van der Waals surface area (Å²) in [5.74, 6) is -0.159. The fourth-order valence-corrected chi connectivity index (χ4v) is 5.23. The Morgan fingerprint density at radius 2 is 1.59 bits per heavy atom. The lowest BCUT2D eigenvalue weighted by atomic mass is 9.84. The van der Waals surface area contributed by atoms with Crippen molar-refractivity contribution in [3.05, 3.63) is 141 Å². The van der Waals surface area contributed by atoms with Crippen molar-refractivity contribution in [2.45, 2.75) is 66.8 Å². The van der Waals surface area contributed by atoms with Crippen molar-refractivity contribution >= 4 is 12.2 Å². The molecule has 0 radical (unpaired) electrons. The van der Waals surface area contributed by atoms with Crippen molar-refractivity contribution < 1.29 is 18.7 Å². The first kappa shape index (κ1) is 37.6. The van der Waals surface area contributed by atoms with Crippen LogP contribution >= 0.6 is 0 Å². The summed E-state index contributed by atoms with van der Waals surface area (Å²) in [6.45, 7) is 16.3. The molecule has 0 aliphatic heterocycles. The Bertz CT molecular complexity index is 1660. The number of hydrogen-bond acceptors (Lipinski definition) is 4. The molecule has 0 saturated heterocycles. The Balaban J connectivity index is 0.000000276. The minimum Gasteiger partial charge on any atom is -0.400 e. The number of nitrogens with two attached hydrogens (primary N) is 1. The molecule has 5 nitrogen and oxygen atoms in total. The number of aromatic nitrogens is 1. The van der Waals surface area contributed by atoms with E-state index in [1.54, 1.807) is 6.08 Å². The largest absolute Gasteiger partial charge is 0.400 e. The van der Waals surface area contributed by atoms with Crippen LogP contribution in [-0.4, -0.2) is 23.6 Å². The van der Waals surface area contributed by atoms with Crippen molar-refractivity contribution in [3.8, 4) is 11.1 Å². The number of nitrogens with one attached hydrogen (secondary N) is 1. The number of nitrogen functional groups attached to an aromatic ring is 1. The molecule has 0 atom stereocenters. The first-order chi connectivity index (χ1) is 21.9. The van der Waals surface area contributed by atoms with Gasteiger partial charge in [0.15, 0.2) is 0 Å². The summed E-state index contributed by atoms with van der Waals surface area (Å²) in [6.07, 6.45) is 6.23. The van der Waals surface area contributed by atoms with Crippen LogP contribution in [0.3, 0.4) is 0 Å². The molecule has 46 heavy (non-hydrogen) atoms. The minimum absolute atomic E-state index is 0.373. The van der Waals surface area contributed by atoms with E-state index in [9.17, 15) is 13.6 Å². The molecule has 4 aromatic rings. The van der Waals surface area contributed by atoms with Crippen molar-refractivity contribution in [3.63, 3.8) is 0 Å². The third-order valence-electron chi connectivity index (χ3n) is 7.39. The molecule has 1 aliphatic carbocycles. The predicted octanol–water partition coefficient (Wildman–Crippen LogP) is 8.52. The Kier molecular flexibility index (Phi) is 15.0. The highest BCUT2D eigenvalue weighted by Crippen LogP contribution is 2.32. The van der Waals surface area contributed by atoms with Gasteiger partial charge in [-0.25, -0.2) is 13.8 Å². The zero-order valence-corrected chi connectivity index (χ0v) is 28.0. The number of rotatable bonds is 6. The number of anilines is 1. The van der Waals surface area contributed by atoms with Gasteiger partial charge < -0.3 is 16.2 Å². The van der Waals surface area contributed by atoms with Crippen molar-refractivity contribution in [2.24, 2.45) is 0 Å². The summed E-state index contributed by atoms with van der Waals surface area (Å²) in [5.41, 5.74) is 17.8. The van der Waals surface area contributed by atoms with Gasteiger partial charge in [0.2, 0.25) is 6.41 Å². The highest BCUT2D eigenvalue weighted by Gasteiger charge is 2.17. The predicted molar refractivity (Wildman–Crippen MR) is 187 cm³/mol. The van der Waals surface area contributed by atoms with Crippen LogP contribution in [0.1, 0.15) is 78.3 Å². The third kappa shape index (κ3) is 10.8. The van der Waals surface area contributed by atoms with Crippen LogP contribution in [0.25, 0.3) is 11.1 Å². The first-order valence-electron chi connectivity index (χ1n) is 15.2. The molecule has 1 aromatic heterocycles. The van der Waals surface area contributed by atoms with Crippen molar-refractivity contribution in [1.82, 2.24) is 10.3 Å². The van der Waals surface area contributed by atoms with Crippen LogP contribution in [0.5, 0.6) is 0 Å². The van der Waals surface area contributed by atoms with Gasteiger partial charge in [-0.15, -0.1) is 0 Å². The number of aryl methyl sites for hydroxylation is 2. The number of nitrogens with zero attached hydrogens (tertiary/aromatic N) is 1. The standard InChI is InChI=1S/C21H16F2.C11H17N3O.C6H10.CH4O/c1-13-2-3-14-10-18-11-16(5-4-15(18)9-17(14)8-13)20-7-6-19(22)12-21(20)23;1-7(2)9-4-11(12)14-8(3)10(9)5-13-6-15;1-4-5-6(2)3;1-2/h2-8,11-12H,9-10H2,1H3;4,6-7H,5H2,1-3H3,(H2,12,14)(H,13,15);4-5H,1H2,2-3H3;2H,1H3. The molecular weight excluding hydrogens is 580 g/mol. The highest BCUT2D eigenvalue weighted by atomic mass is 19.1. The summed E-state index contributed by atoms with van der Waals surface area (Å²) in [6, 6.07) is 18.2. The topological polar surface area (TPSA) is 88.2 Å². The van der Waals surface area contributed by atoms with Gasteiger partial charge in [-0.1, -0.05) is 80.1 Å². The van der Waals surface area contributed by atoms with Crippen LogP contribution in [0.15, 0.2) is 85.0 Å². The molecule has 3 aromatic carbocycles. The lowest BCUT2D eigenvalue weighted by molar-refractivity contribution is -0.109. The molecule has 0 spiro atoms. The summed E-state index contributed by atoms with van der Waals surface area (Å²) >= 11 is 0. The Hall–Kier alpha value is -4.62. The molecule has 0 fully saturated rings. The number of carbonyl (C=O) groups excluding carboxylic acids is 1. The number of carbonyl (C=O) groups is 1. The van der Waals surface area contributed by atoms with Crippen LogP contribution < -0.4 is 11.1 Å². The van der Waals surface area contributed by atoms with E-state index in [2.05, 4.69) is 61.9 Å². The Morgan fingerprint density at radius 1 is 0.957 bits per heavy atom. The third-order valence-corrected chi connectivity index (χ3v) is 7.39. The van der Waals surface area contributed by atoms with Gasteiger partial charge in [0.1, 0.15) is 17.5 Å². The normalized spacial score (nSPS) is 10.8. The first-order valence-corrected chi connectivity index (χ1v) is 15.2. The number of benzene rings is 3. The number of aliphatic hydroxyl groups is 1. The van der Waals surface area contributed by atoms with Gasteiger partial charge in [0, 0.05) is 31.0 Å². The lowest BCUT2D eigenvalue weighted by Gasteiger charge is -2.21. The van der Waals surface area contributed by atoms with Crippen LogP contribution in [0.4, 0.5) is 14.6 Å². The van der Waals surface area contributed by atoms with Gasteiger partial charge in [-0.2, -0.15) is 0 Å². The maximum atomic E-state index is 14.0. The number of halogens is 2. The molecule has 4 N–H and O–H groups in total. The molecule has 1 aliphatic rings. The van der Waals surface area contributed by atoms with Crippen molar-refractivity contribution in [1.29, 1.82) is 0 Å². The van der Waals surface area contributed by atoms with E-state index in [1.807, 2.05) is 45.0 Å². The minimum atomic E-state index is -0.548. The van der Waals surface area contributed by atoms with Gasteiger partial charge in [-0.3, -0.25) is 4.79 Å². The van der Waals surface area contributed by atoms with E-state index in [4.69, 9.17) is 10.8 Å². The molecule has 1 heterocycles. The SMILES string of the molecule is C=CC=C(C)C.CO.Cc1ccc2c(c1)Cc1ccc(-c3ccc(F)cc3F)cc1C2.Cc1nc(N)cc(C(C)C)c1CNC=O. The number of fused-ring (bicyclic) bond motifs is 2. The fraction of sp³-hybridized carbons (Fsp3) is 0.282. The van der Waals surface area contributed by atoms with Crippen LogP contribution in [-0.2, 0) is 24.2 Å². The smallest absolute Gasteiger partial charge is 0.207 e. The summed E-state index contributed by atoms with van der Waals surface area (Å²) in [5, 5.41) is 9.66. The Labute approximate surface area is 272 Å². The lowest BCUT2D eigenvalue weighted by Crippen LogP contribution is -2.15. The molecule has 244 valence electrons. The van der Waals surface area contributed by atoms with Crippen LogP contribution in [0.2, 0.25) is 0 Å². The van der Waals surface area contributed by atoms with E-state index in [0.29, 0.717) is 30.3 Å². The van der Waals surface area contributed by atoms with Crippen molar-refractivity contribution in [2.75, 3.05) is 12.8 Å². The maximum Gasteiger partial charge on any atom is 0.207 e. The van der Waals surface area contributed by atoms with Gasteiger partial charge in [0.25, 0.3) is 0 Å². The number of pyridine rings is 1. The van der Waals surface area contributed by atoms with E-state index >= 15 is 0 Å². The molecule has 0 saturated carbocycles. The molecule has 0 unspecified atom stereocenters. The number of aliphatic hydroxyl groups excluding tert-OH is 1. The second kappa shape index (κ2) is 18.4. The van der Waals surface area contributed by atoms with Gasteiger partial charge >= 0.3 is 0 Å². The molecular formula is C39H47F2N3O2. The summed E-state index contributed by atoms with van der Waals surface area (Å²) < 4.78 is 27.1. The number of allylic oxidation sites excluding steroid dienone is 3. The highest BCUT2D eigenvalue weighted by molar-refractivity contribution is 5.66. The number of amides is 1. The Morgan fingerprint density at radius 3 is 2.13 bits per heavy atom. The van der Waals surface area contributed by atoms with Gasteiger partial charge in [0.05, 0.1) is 0 Å². The summed E-state index contributed by atoms with van der Waals surface area (Å²) in [4.78, 5) is 14.5. The average molecular weight is 628 g/mol. The summed E-state index contributed by atoms with van der Waals surface area (Å²) in [7, 11) is 1.00.